The number of hydrogen-bond donors (Lipinski definition) is 5. The van der Waals surface area contributed by atoms with Gasteiger partial charge in [-0.1, -0.05) is 0 Å². The number of rotatable bonds is 8. The van der Waals surface area contributed by atoms with Gasteiger partial charge in [-0.2, -0.15) is 16.8 Å². The molecular weight excluding hydrogens is 589 g/mol. The quantitative estimate of drug-likeness (QED) is 0.0870. The molecule has 36 heavy (non-hydrogen) atoms. The molecule has 4 radical (unpaired) electrons. The summed E-state index contributed by atoms with van der Waals surface area (Å²) in [5.74, 6) is -1.16. The maximum Gasteiger partial charge on any atom is 0.469 e. The molecule has 1 heterocycles. The van der Waals surface area contributed by atoms with Crippen molar-refractivity contribution >= 4 is 164 Å². The number of nitrogens with zero attached hydrogens (tertiary/aromatic N) is 3. The first-order valence-electron chi connectivity index (χ1n) is 7.93. The van der Waals surface area contributed by atoms with Gasteiger partial charge in [0, 0.05) is 124 Å². The summed E-state index contributed by atoms with van der Waals surface area (Å²) >= 11 is 0. The number of aromatic nitrogens is 1. The van der Waals surface area contributed by atoms with Gasteiger partial charge in [-0.3, -0.25) is 18.4 Å². The van der Waals surface area contributed by atoms with Gasteiger partial charge in [-0.25, -0.2) is 9.55 Å². The van der Waals surface area contributed by atoms with E-state index in [0.29, 0.717) is 6.07 Å². The summed E-state index contributed by atoms with van der Waals surface area (Å²) in [5, 5.41) is 17.1. The Morgan fingerprint density at radius 3 is 2.03 bits per heavy atom. The molecule has 2 rings (SSSR count). The number of carbonyl (C=O) groups excluding carboxylic acids is 1. The minimum Gasteiger partial charge on any atom is -0.505 e. The number of carbonyl (C=O) groups is 1. The van der Waals surface area contributed by atoms with Gasteiger partial charge in [0.1, 0.15) is 16.3 Å². The number of hydrogen-bond acceptors (Lipinski definition) is 11. The Hall–Kier alpha value is 1.37. The molecule has 0 saturated carbocycles. The molecule has 0 amide bonds. The number of phosphoric ester groups is 1. The average molecular weight is 603 g/mol. The van der Waals surface area contributed by atoms with E-state index in [2.05, 4.69) is 19.7 Å². The van der Waals surface area contributed by atoms with Crippen LogP contribution in [-0.4, -0.2) is 170 Å². The normalized spacial score (nSPS) is 11.5. The third-order valence-corrected chi connectivity index (χ3v) is 5.92. The molecular formula is C14H14N3Na4O12PS2. The van der Waals surface area contributed by atoms with E-state index in [4.69, 9.17) is 14.3 Å². The zero-order valence-corrected chi connectivity index (χ0v) is 30.2. The van der Waals surface area contributed by atoms with Crippen LogP contribution in [0, 0.1) is 6.92 Å². The van der Waals surface area contributed by atoms with Gasteiger partial charge >= 0.3 is 7.82 Å². The van der Waals surface area contributed by atoms with Crippen molar-refractivity contribution in [3.8, 4) is 5.75 Å². The van der Waals surface area contributed by atoms with E-state index in [9.17, 15) is 35.9 Å². The zero-order valence-electron chi connectivity index (χ0n) is 19.7. The van der Waals surface area contributed by atoms with Crippen LogP contribution in [0.25, 0.3) is 0 Å². The molecule has 178 valence electrons. The molecule has 2 aromatic rings. The monoisotopic (exact) mass is 603 g/mol. The van der Waals surface area contributed by atoms with Crippen LogP contribution in [0.4, 0.5) is 11.5 Å². The van der Waals surface area contributed by atoms with Gasteiger partial charge in [-0.05, 0) is 25.1 Å². The summed E-state index contributed by atoms with van der Waals surface area (Å²) in [5.41, 5.74) is -1.69. The number of aryl methyl sites for hydroxylation is 1. The summed E-state index contributed by atoms with van der Waals surface area (Å²) in [6.07, 6.45) is 0.131. The molecule has 0 aliphatic heterocycles. The van der Waals surface area contributed by atoms with E-state index in [1.54, 1.807) is 0 Å². The van der Waals surface area contributed by atoms with Crippen molar-refractivity contribution in [2.24, 2.45) is 10.2 Å². The predicted molar refractivity (Wildman–Crippen MR) is 126 cm³/mol. The first kappa shape index (κ1) is 41.8. The van der Waals surface area contributed by atoms with Crippen molar-refractivity contribution in [1.29, 1.82) is 0 Å². The Kier molecular flexibility index (Phi) is 19.3. The second-order valence-corrected chi connectivity index (χ2v) is 9.97. The summed E-state index contributed by atoms with van der Waals surface area (Å²) < 4.78 is 79.3. The second-order valence-electron chi connectivity index (χ2n) is 5.92. The van der Waals surface area contributed by atoms with Crippen molar-refractivity contribution in [3.63, 3.8) is 0 Å². The van der Waals surface area contributed by atoms with Crippen molar-refractivity contribution < 1.29 is 54.7 Å². The summed E-state index contributed by atoms with van der Waals surface area (Å²) in [6.45, 7) is 0.292. The first-order valence-corrected chi connectivity index (χ1v) is 12.3. The predicted octanol–water partition coefficient (Wildman–Crippen LogP) is -0.0970. The minimum atomic E-state index is -5.06. The number of aldehydes is 1. The molecule has 0 bridgehead atoms. The van der Waals surface area contributed by atoms with Gasteiger partial charge in [0.25, 0.3) is 20.2 Å². The topological polar surface area (TPSA) is 250 Å². The van der Waals surface area contributed by atoms with E-state index >= 15 is 0 Å². The SMILES string of the molecule is Cc1nc(N=Nc2ccc(S(=O)(=O)O)cc2S(=O)(=O)O)c(COP(=O)(O)O)c(C=O)c1O.[Na].[Na].[Na].[Na]. The van der Waals surface area contributed by atoms with Crippen LogP contribution in [0.5, 0.6) is 5.75 Å². The molecule has 0 aliphatic rings. The van der Waals surface area contributed by atoms with Gasteiger partial charge in [0.15, 0.2) is 12.1 Å². The van der Waals surface area contributed by atoms with Crippen LogP contribution < -0.4 is 0 Å². The Morgan fingerprint density at radius 2 is 1.58 bits per heavy atom. The average Bonchev–Trinajstić information content (AvgIpc) is 2.65. The summed E-state index contributed by atoms with van der Waals surface area (Å²) in [6, 6.07) is 1.93. The number of aromatic hydroxyl groups is 1. The Labute approximate surface area is 293 Å². The molecule has 0 unspecified atom stereocenters. The van der Waals surface area contributed by atoms with E-state index in [1.165, 1.54) is 6.92 Å². The van der Waals surface area contributed by atoms with E-state index in [1.807, 2.05) is 0 Å². The Morgan fingerprint density at radius 1 is 1.03 bits per heavy atom. The smallest absolute Gasteiger partial charge is 0.469 e. The molecule has 22 heteroatoms. The fourth-order valence-electron chi connectivity index (χ4n) is 2.28. The fourth-order valence-corrected chi connectivity index (χ4v) is 3.81. The van der Waals surface area contributed by atoms with E-state index in [-0.39, 0.29) is 130 Å². The van der Waals surface area contributed by atoms with Crippen LogP contribution in [0.15, 0.2) is 38.2 Å². The van der Waals surface area contributed by atoms with Gasteiger partial charge in [-0.15, -0.1) is 10.2 Å². The van der Waals surface area contributed by atoms with Gasteiger partial charge in [0.05, 0.1) is 22.8 Å². The maximum atomic E-state index is 11.6. The Bertz CT molecular complexity index is 1380. The maximum absolute atomic E-state index is 11.6. The largest absolute Gasteiger partial charge is 0.505 e. The summed E-state index contributed by atoms with van der Waals surface area (Å²) in [4.78, 5) is 31.0. The van der Waals surface area contributed by atoms with Crippen LogP contribution in [0.2, 0.25) is 0 Å². The number of azo groups is 1. The molecule has 0 fully saturated rings. The molecule has 15 nitrogen and oxygen atoms in total. The van der Waals surface area contributed by atoms with Crippen LogP contribution in [0.1, 0.15) is 21.6 Å². The Balaban J connectivity index is -0.00000272. The first-order chi connectivity index (χ1) is 14.5. The van der Waals surface area contributed by atoms with E-state index < -0.39 is 72.8 Å². The second kappa shape index (κ2) is 16.6. The van der Waals surface area contributed by atoms with Crippen molar-refractivity contribution in [1.82, 2.24) is 4.98 Å². The number of pyridine rings is 1. The minimum absolute atomic E-state index is 0. The van der Waals surface area contributed by atoms with E-state index in [0.717, 1.165) is 12.1 Å². The molecule has 0 aliphatic carbocycles. The standard InChI is InChI=1S/C14H14N3O12PS2.4Na/c1-7-13(19)9(5-18)10(6-29-30(20,21)22)14(15-7)17-16-11-3-2-8(31(23,24)25)4-12(11)32(26,27)28;;;;/h2-5,19H,6H2,1H3,(H2,20,21,22)(H,23,24,25)(H,26,27,28);;;;. The molecule has 1 aromatic carbocycles. The third kappa shape index (κ3) is 11.9. The number of phosphoric acid groups is 1. The molecule has 0 atom stereocenters. The van der Waals surface area contributed by atoms with Crippen molar-refractivity contribution in [2.45, 2.75) is 23.3 Å². The van der Waals surface area contributed by atoms with Crippen LogP contribution in [-0.2, 0) is 35.9 Å². The van der Waals surface area contributed by atoms with Crippen LogP contribution in [0.3, 0.4) is 0 Å². The van der Waals surface area contributed by atoms with Crippen LogP contribution >= 0.6 is 7.82 Å². The molecule has 0 spiro atoms. The molecule has 1 aromatic heterocycles. The van der Waals surface area contributed by atoms with Gasteiger partial charge in [0.2, 0.25) is 0 Å². The number of benzene rings is 1. The van der Waals surface area contributed by atoms with Gasteiger partial charge < -0.3 is 14.9 Å². The molecule has 0 saturated heterocycles. The fraction of sp³-hybridized carbons (Fsp3) is 0.143. The van der Waals surface area contributed by atoms with Crippen molar-refractivity contribution in [2.75, 3.05) is 0 Å². The zero-order chi connectivity index (χ0) is 24.5. The third-order valence-electron chi connectivity index (χ3n) is 3.72. The molecule has 5 N–H and O–H groups in total. The summed E-state index contributed by atoms with van der Waals surface area (Å²) in [7, 11) is -14.9. The van der Waals surface area contributed by atoms with Crippen molar-refractivity contribution in [3.05, 3.63) is 35.0 Å².